The molecule has 3 N–H and O–H groups in total. The molecule has 0 aliphatic rings. The average molecular weight is 268 g/mol. The van der Waals surface area contributed by atoms with Crippen molar-refractivity contribution in [2.45, 2.75) is 13.8 Å². The normalized spacial score (nSPS) is 10.4. The molecule has 0 saturated heterocycles. The Labute approximate surface area is 112 Å². The molecule has 0 aliphatic heterocycles. The van der Waals surface area contributed by atoms with Crippen molar-refractivity contribution in [3.63, 3.8) is 0 Å². The van der Waals surface area contributed by atoms with Crippen molar-refractivity contribution < 1.29 is 24.9 Å². The Morgan fingerprint density at radius 2 is 1.47 bits per heavy atom. The van der Waals surface area contributed by atoms with Crippen LogP contribution < -0.4 is 0 Å². The number of aliphatic hydroxyl groups is 3. The summed E-state index contributed by atoms with van der Waals surface area (Å²) < 4.78 is 0. The van der Waals surface area contributed by atoms with E-state index in [-0.39, 0.29) is 19.8 Å². The van der Waals surface area contributed by atoms with Crippen molar-refractivity contribution in [1.82, 2.24) is 0 Å². The van der Waals surface area contributed by atoms with Crippen molar-refractivity contribution in [1.29, 1.82) is 0 Å². The number of rotatable bonds is 5. The van der Waals surface area contributed by atoms with Crippen LogP contribution >= 0.6 is 0 Å². The summed E-state index contributed by atoms with van der Waals surface area (Å²) in [6.45, 7) is 2.94. The Bertz CT molecular complexity index is 402. The zero-order valence-electron chi connectivity index (χ0n) is 11.2. The SMILES string of the molecule is CC(CO)(CO)CO.Cc1ccc(C=O)c(C=O)c1. The van der Waals surface area contributed by atoms with E-state index in [0.29, 0.717) is 23.7 Å². The maximum atomic E-state index is 10.4. The van der Waals surface area contributed by atoms with Gasteiger partial charge in [0.15, 0.2) is 12.6 Å². The van der Waals surface area contributed by atoms with Gasteiger partial charge in [0.2, 0.25) is 0 Å². The third kappa shape index (κ3) is 5.74. The Kier molecular flexibility index (Phi) is 7.83. The van der Waals surface area contributed by atoms with Gasteiger partial charge in [0.25, 0.3) is 0 Å². The molecule has 0 unspecified atom stereocenters. The van der Waals surface area contributed by atoms with E-state index in [2.05, 4.69) is 0 Å². The summed E-state index contributed by atoms with van der Waals surface area (Å²) >= 11 is 0. The van der Waals surface area contributed by atoms with Gasteiger partial charge in [-0.15, -0.1) is 0 Å². The van der Waals surface area contributed by atoms with Crippen LogP contribution in [0.25, 0.3) is 0 Å². The number of aliphatic hydroxyl groups excluding tert-OH is 3. The maximum Gasteiger partial charge on any atom is 0.150 e. The molecule has 106 valence electrons. The van der Waals surface area contributed by atoms with E-state index in [9.17, 15) is 9.59 Å². The molecule has 0 atom stereocenters. The molecule has 1 rings (SSSR count). The van der Waals surface area contributed by atoms with Crippen molar-refractivity contribution in [2.24, 2.45) is 5.41 Å². The number of aldehydes is 2. The predicted octanol–water partition coefficient (Wildman–Crippen LogP) is 0.590. The Morgan fingerprint density at radius 3 is 1.79 bits per heavy atom. The minimum absolute atomic E-state index is 0.181. The molecular weight excluding hydrogens is 248 g/mol. The molecule has 1 aromatic carbocycles. The third-order valence-electron chi connectivity index (χ3n) is 2.64. The van der Waals surface area contributed by atoms with Gasteiger partial charge in [-0.25, -0.2) is 0 Å². The fourth-order valence-electron chi connectivity index (χ4n) is 1.05. The summed E-state index contributed by atoms with van der Waals surface area (Å²) in [7, 11) is 0. The van der Waals surface area contributed by atoms with Crippen LogP contribution in [-0.4, -0.2) is 47.7 Å². The Morgan fingerprint density at radius 1 is 1.00 bits per heavy atom. The molecule has 5 nitrogen and oxygen atoms in total. The lowest BCUT2D eigenvalue weighted by Gasteiger charge is -2.20. The maximum absolute atomic E-state index is 10.4. The minimum atomic E-state index is -0.708. The molecular formula is C14H20O5. The molecule has 0 heterocycles. The number of benzene rings is 1. The van der Waals surface area contributed by atoms with Gasteiger partial charge in [-0.2, -0.15) is 0 Å². The first-order valence-corrected chi connectivity index (χ1v) is 5.80. The zero-order chi connectivity index (χ0) is 14.9. The molecule has 19 heavy (non-hydrogen) atoms. The van der Waals surface area contributed by atoms with Crippen LogP contribution in [0.15, 0.2) is 18.2 Å². The van der Waals surface area contributed by atoms with E-state index in [4.69, 9.17) is 15.3 Å². The molecule has 1 aromatic rings. The van der Waals surface area contributed by atoms with E-state index in [1.807, 2.05) is 6.92 Å². The first kappa shape index (κ1) is 17.4. The van der Waals surface area contributed by atoms with Gasteiger partial charge in [-0.3, -0.25) is 9.59 Å². The Balaban J connectivity index is 0.000000362. The van der Waals surface area contributed by atoms with Crippen molar-refractivity contribution in [2.75, 3.05) is 19.8 Å². The smallest absolute Gasteiger partial charge is 0.150 e. The fraction of sp³-hybridized carbons (Fsp3) is 0.429. The molecule has 0 aromatic heterocycles. The van der Waals surface area contributed by atoms with Crippen LogP contribution in [0.5, 0.6) is 0 Å². The molecule has 0 spiro atoms. The van der Waals surface area contributed by atoms with E-state index in [0.717, 1.165) is 5.56 Å². The van der Waals surface area contributed by atoms with Gasteiger partial charge in [-0.1, -0.05) is 24.6 Å². The fourth-order valence-corrected chi connectivity index (χ4v) is 1.05. The van der Waals surface area contributed by atoms with E-state index < -0.39 is 5.41 Å². The number of carbonyl (C=O) groups is 2. The largest absolute Gasteiger partial charge is 0.396 e. The summed E-state index contributed by atoms with van der Waals surface area (Å²) in [4.78, 5) is 20.7. The lowest BCUT2D eigenvalue weighted by Crippen LogP contribution is -2.29. The van der Waals surface area contributed by atoms with Crippen LogP contribution in [0.2, 0.25) is 0 Å². The van der Waals surface area contributed by atoms with Crippen molar-refractivity contribution >= 4 is 12.6 Å². The lowest BCUT2D eigenvalue weighted by molar-refractivity contribution is 0.0200. The van der Waals surface area contributed by atoms with Gasteiger partial charge in [0.1, 0.15) is 0 Å². The first-order chi connectivity index (χ1) is 8.96. The Hall–Kier alpha value is -1.56. The second-order valence-corrected chi connectivity index (χ2v) is 4.65. The van der Waals surface area contributed by atoms with Crippen LogP contribution in [0.3, 0.4) is 0 Å². The van der Waals surface area contributed by atoms with E-state index in [1.165, 1.54) is 0 Å². The number of aryl methyl sites for hydroxylation is 1. The molecule has 5 heteroatoms. The van der Waals surface area contributed by atoms with Crippen LogP contribution in [-0.2, 0) is 0 Å². The van der Waals surface area contributed by atoms with Crippen molar-refractivity contribution in [3.8, 4) is 0 Å². The second kappa shape index (κ2) is 8.53. The molecule has 0 aliphatic carbocycles. The quantitative estimate of drug-likeness (QED) is 0.679. The summed E-state index contributed by atoms with van der Waals surface area (Å²) in [6, 6.07) is 5.14. The average Bonchev–Trinajstić information content (AvgIpc) is 2.47. The van der Waals surface area contributed by atoms with Crippen LogP contribution in [0.4, 0.5) is 0 Å². The van der Waals surface area contributed by atoms with Crippen LogP contribution in [0, 0.1) is 12.3 Å². The summed E-state index contributed by atoms with van der Waals surface area (Å²) in [5.74, 6) is 0. The molecule has 0 radical (unpaired) electrons. The molecule has 0 fully saturated rings. The molecule has 0 saturated carbocycles. The van der Waals surface area contributed by atoms with Gasteiger partial charge < -0.3 is 15.3 Å². The van der Waals surface area contributed by atoms with Crippen LogP contribution in [0.1, 0.15) is 33.2 Å². The highest BCUT2D eigenvalue weighted by Crippen LogP contribution is 2.11. The highest BCUT2D eigenvalue weighted by atomic mass is 16.3. The van der Waals surface area contributed by atoms with E-state index >= 15 is 0 Å². The summed E-state index contributed by atoms with van der Waals surface area (Å²) in [5.41, 5.74) is 1.18. The standard InChI is InChI=1S/C9H8O2.C5H12O3/c1-7-2-3-8(5-10)9(4-7)6-11;1-5(2-6,3-7)4-8/h2-6H,1H3;6-8H,2-4H2,1H3. The highest BCUT2D eigenvalue weighted by Gasteiger charge is 2.20. The van der Waals surface area contributed by atoms with Gasteiger partial charge in [0, 0.05) is 16.5 Å². The summed E-state index contributed by atoms with van der Waals surface area (Å²) in [6.07, 6.45) is 1.37. The minimum Gasteiger partial charge on any atom is -0.396 e. The molecule has 0 bridgehead atoms. The first-order valence-electron chi connectivity index (χ1n) is 5.80. The summed E-state index contributed by atoms with van der Waals surface area (Å²) in [5, 5.41) is 25.4. The topological polar surface area (TPSA) is 94.8 Å². The highest BCUT2D eigenvalue weighted by molar-refractivity contribution is 5.90. The second-order valence-electron chi connectivity index (χ2n) is 4.65. The number of hydrogen-bond donors (Lipinski definition) is 3. The zero-order valence-corrected chi connectivity index (χ0v) is 11.2. The predicted molar refractivity (Wildman–Crippen MR) is 71.3 cm³/mol. The van der Waals surface area contributed by atoms with E-state index in [1.54, 1.807) is 25.1 Å². The molecule has 0 amide bonds. The van der Waals surface area contributed by atoms with Crippen molar-refractivity contribution in [3.05, 3.63) is 34.9 Å². The van der Waals surface area contributed by atoms with Gasteiger partial charge in [-0.05, 0) is 13.0 Å². The van der Waals surface area contributed by atoms with Gasteiger partial charge >= 0.3 is 0 Å². The third-order valence-corrected chi connectivity index (χ3v) is 2.64. The monoisotopic (exact) mass is 268 g/mol. The van der Waals surface area contributed by atoms with Gasteiger partial charge in [0.05, 0.1) is 19.8 Å². The number of hydrogen-bond acceptors (Lipinski definition) is 5. The number of carbonyl (C=O) groups excluding carboxylic acids is 2. The lowest BCUT2D eigenvalue weighted by atomic mass is 9.95.